The molecule has 2 rings (SSSR count). The summed E-state index contributed by atoms with van der Waals surface area (Å²) >= 11 is 0. The van der Waals surface area contributed by atoms with Crippen molar-refractivity contribution < 1.29 is 18.4 Å². The summed E-state index contributed by atoms with van der Waals surface area (Å²) in [6.07, 6.45) is 0. The van der Waals surface area contributed by atoms with Crippen molar-refractivity contribution in [3.8, 4) is 5.75 Å². The number of alkyl halides is 2. The highest BCUT2D eigenvalue weighted by Crippen LogP contribution is 2.33. The molecule has 8 heteroatoms. The first kappa shape index (κ1) is 14.5. The van der Waals surface area contributed by atoms with Gasteiger partial charge >= 0.3 is 12.3 Å². The number of nitro benzene ring substituents is 1. The zero-order valence-electron chi connectivity index (χ0n) is 10.6. The Balaban J connectivity index is 2.22. The number of nitrogen functional groups attached to an aromatic ring is 1. The summed E-state index contributed by atoms with van der Waals surface area (Å²) in [5, 5.41) is 13.8. The van der Waals surface area contributed by atoms with Crippen molar-refractivity contribution in [1.82, 2.24) is 0 Å². The Morgan fingerprint density at radius 2 is 1.86 bits per heavy atom. The Kier molecular flexibility index (Phi) is 4.17. The molecule has 0 aliphatic heterocycles. The molecule has 110 valence electrons. The molecule has 0 bridgehead atoms. The average molecular weight is 295 g/mol. The second kappa shape index (κ2) is 6.04. The van der Waals surface area contributed by atoms with Gasteiger partial charge in [-0.3, -0.25) is 10.1 Å². The number of nitrogens with one attached hydrogen (secondary N) is 1. The molecule has 0 saturated heterocycles. The number of nitrogens with two attached hydrogens (primary N) is 1. The summed E-state index contributed by atoms with van der Waals surface area (Å²) in [5.41, 5.74) is 6.04. The van der Waals surface area contributed by atoms with Gasteiger partial charge in [-0.05, 0) is 36.4 Å². The first-order valence-corrected chi connectivity index (χ1v) is 5.82. The highest BCUT2D eigenvalue weighted by molar-refractivity contribution is 5.78. The normalized spacial score (nSPS) is 10.4. The monoisotopic (exact) mass is 295 g/mol. The van der Waals surface area contributed by atoms with Crippen LogP contribution >= 0.6 is 0 Å². The predicted octanol–water partition coefficient (Wildman–Crippen LogP) is 3.52. The topological polar surface area (TPSA) is 90.4 Å². The van der Waals surface area contributed by atoms with Gasteiger partial charge in [0.05, 0.1) is 4.92 Å². The van der Waals surface area contributed by atoms with Crippen LogP contribution in [0.2, 0.25) is 0 Å². The fourth-order valence-corrected chi connectivity index (χ4v) is 1.74. The van der Waals surface area contributed by atoms with Gasteiger partial charge in [0.2, 0.25) is 0 Å². The number of anilines is 3. The molecular weight excluding hydrogens is 284 g/mol. The highest BCUT2D eigenvalue weighted by atomic mass is 19.3. The third kappa shape index (κ3) is 3.56. The molecule has 3 N–H and O–H groups in total. The molecule has 21 heavy (non-hydrogen) atoms. The standard InChI is InChI=1S/C13H11F2N3O3/c14-13(15)21-9-6-4-8(5-7-9)17-11-3-1-2-10(16)12(11)18(19)20/h1-7,13,17H,16H2. The maximum atomic E-state index is 12.0. The predicted molar refractivity (Wildman–Crippen MR) is 73.9 cm³/mol. The van der Waals surface area contributed by atoms with Crippen LogP contribution in [0.1, 0.15) is 0 Å². The lowest BCUT2D eigenvalue weighted by Gasteiger charge is -2.09. The summed E-state index contributed by atoms with van der Waals surface area (Å²) in [4.78, 5) is 10.4. The molecule has 0 amide bonds. The zero-order valence-corrected chi connectivity index (χ0v) is 10.6. The van der Waals surface area contributed by atoms with Crippen molar-refractivity contribution in [1.29, 1.82) is 0 Å². The van der Waals surface area contributed by atoms with Gasteiger partial charge in [0, 0.05) is 5.69 Å². The number of ether oxygens (including phenoxy) is 1. The van der Waals surface area contributed by atoms with Gasteiger partial charge in [-0.1, -0.05) is 6.07 Å². The largest absolute Gasteiger partial charge is 0.435 e. The van der Waals surface area contributed by atoms with Crippen molar-refractivity contribution in [3.05, 3.63) is 52.6 Å². The molecular formula is C13H11F2N3O3. The van der Waals surface area contributed by atoms with Crippen LogP contribution in [-0.4, -0.2) is 11.5 Å². The quantitative estimate of drug-likeness (QED) is 0.500. The van der Waals surface area contributed by atoms with Crippen molar-refractivity contribution >= 4 is 22.7 Å². The number of benzene rings is 2. The summed E-state index contributed by atoms with van der Waals surface area (Å²) < 4.78 is 28.3. The van der Waals surface area contributed by atoms with E-state index in [9.17, 15) is 18.9 Å². The molecule has 0 heterocycles. The SMILES string of the molecule is Nc1cccc(Nc2ccc(OC(F)F)cc2)c1[N+](=O)[O-]. The van der Waals surface area contributed by atoms with Crippen LogP contribution in [-0.2, 0) is 0 Å². The van der Waals surface area contributed by atoms with Gasteiger partial charge in [0.1, 0.15) is 17.1 Å². The second-order valence-electron chi connectivity index (χ2n) is 4.03. The molecule has 0 atom stereocenters. The van der Waals surface area contributed by atoms with E-state index in [1.807, 2.05) is 0 Å². The maximum Gasteiger partial charge on any atom is 0.387 e. The van der Waals surface area contributed by atoms with Gasteiger partial charge < -0.3 is 15.8 Å². The van der Waals surface area contributed by atoms with Gasteiger partial charge in [0.15, 0.2) is 0 Å². The van der Waals surface area contributed by atoms with Crippen molar-refractivity contribution in [2.45, 2.75) is 6.61 Å². The third-order valence-corrected chi connectivity index (χ3v) is 2.61. The Morgan fingerprint density at radius 1 is 1.19 bits per heavy atom. The van der Waals surface area contributed by atoms with Crippen LogP contribution < -0.4 is 15.8 Å². The molecule has 0 aliphatic carbocycles. The van der Waals surface area contributed by atoms with E-state index in [-0.39, 0.29) is 22.8 Å². The zero-order chi connectivity index (χ0) is 15.4. The lowest BCUT2D eigenvalue weighted by Crippen LogP contribution is -2.02. The Hall–Kier alpha value is -2.90. The van der Waals surface area contributed by atoms with Crippen LogP contribution in [0.4, 0.5) is 31.5 Å². The number of nitrogens with zero attached hydrogens (tertiary/aromatic N) is 1. The van der Waals surface area contributed by atoms with E-state index in [0.29, 0.717) is 5.69 Å². The van der Waals surface area contributed by atoms with Gasteiger partial charge in [-0.15, -0.1) is 0 Å². The Bertz CT molecular complexity index is 648. The molecule has 0 radical (unpaired) electrons. The fraction of sp³-hybridized carbons (Fsp3) is 0.0769. The van der Waals surface area contributed by atoms with E-state index < -0.39 is 11.5 Å². The van der Waals surface area contributed by atoms with Gasteiger partial charge in [-0.25, -0.2) is 0 Å². The second-order valence-corrected chi connectivity index (χ2v) is 4.03. The van der Waals surface area contributed by atoms with E-state index in [4.69, 9.17) is 5.73 Å². The van der Waals surface area contributed by atoms with Crippen LogP contribution in [0, 0.1) is 10.1 Å². The third-order valence-electron chi connectivity index (χ3n) is 2.61. The molecule has 2 aromatic carbocycles. The highest BCUT2D eigenvalue weighted by Gasteiger charge is 2.17. The molecule has 0 fully saturated rings. The molecule has 2 aromatic rings. The van der Waals surface area contributed by atoms with Crippen LogP contribution in [0.25, 0.3) is 0 Å². The molecule has 0 aliphatic rings. The molecule has 6 nitrogen and oxygen atoms in total. The summed E-state index contributed by atoms with van der Waals surface area (Å²) in [7, 11) is 0. The summed E-state index contributed by atoms with van der Waals surface area (Å²) in [5.74, 6) is -0.00220. The van der Waals surface area contributed by atoms with Crippen molar-refractivity contribution in [3.63, 3.8) is 0 Å². The summed E-state index contributed by atoms with van der Waals surface area (Å²) in [6, 6.07) is 10.1. The Morgan fingerprint density at radius 3 is 2.43 bits per heavy atom. The van der Waals surface area contributed by atoms with Crippen LogP contribution in [0.5, 0.6) is 5.75 Å². The van der Waals surface area contributed by atoms with Crippen LogP contribution in [0.3, 0.4) is 0 Å². The van der Waals surface area contributed by atoms with Gasteiger partial charge in [0.25, 0.3) is 0 Å². The lowest BCUT2D eigenvalue weighted by molar-refractivity contribution is -0.383. The van der Waals surface area contributed by atoms with E-state index in [0.717, 1.165) is 0 Å². The first-order chi connectivity index (χ1) is 9.97. The number of hydrogen-bond donors (Lipinski definition) is 2. The number of rotatable bonds is 5. The molecule has 0 saturated carbocycles. The maximum absolute atomic E-state index is 12.0. The molecule has 0 unspecified atom stereocenters. The van der Waals surface area contributed by atoms with E-state index >= 15 is 0 Å². The lowest BCUT2D eigenvalue weighted by atomic mass is 10.2. The fourth-order valence-electron chi connectivity index (χ4n) is 1.74. The first-order valence-electron chi connectivity index (χ1n) is 5.82. The van der Waals surface area contributed by atoms with E-state index in [1.165, 1.54) is 36.4 Å². The molecule has 0 spiro atoms. The smallest absolute Gasteiger partial charge is 0.387 e. The minimum Gasteiger partial charge on any atom is -0.435 e. The number of para-hydroxylation sites is 1. The van der Waals surface area contributed by atoms with Gasteiger partial charge in [-0.2, -0.15) is 8.78 Å². The minimum atomic E-state index is -2.90. The van der Waals surface area contributed by atoms with E-state index in [2.05, 4.69) is 10.1 Å². The van der Waals surface area contributed by atoms with Crippen molar-refractivity contribution in [2.24, 2.45) is 0 Å². The molecule has 0 aromatic heterocycles. The number of halogens is 2. The number of hydrogen-bond acceptors (Lipinski definition) is 5. The van der Waals surface area contributed by atoms with Crippen molar-refractivity contribution in [2.75, 3.05) is 11.1 Å². The average Bonchev–Trinajstić information content (AvgIpc) is 2.40. The number of nitro groups is 1. The minimum absolute atomic E-state index is 0.00220. The van der Waals surface area contributed by atoms with E-state index in [1.54, 1.807) is 6.07 Å². The van der Waals surface area contributed by atoms with Crippen LogP contribution in [0.15, 0.2) is 42.5 Å². The summed E-state index contributed by atoms with van der Waals surface area (Å²) in [6.45, 7) is -2.90. The Labute approximate surface area is 118 Å².